The molecule has 1 atom stereocenters. The maximum Gasteiger partial charge on any atom is 0.260 e. The van der Waals surface area contributed by atoms with Crippen LogP contribution >= 0.6 is 11.3 Å². The molecule has 1 fully saturated rings. The van der Waals surface area contributed by atoms with Crippen LogP contribution in [0.3, 0.4) is 0 Å². The number of ether oxygens (including phenoxy) is 2. The quantitative estimate of drug-likeness (QED) is 0.448. The summed E-state index contributed by atoms with van der Waals surface area (Å²) >= 11 is 1.42. The summed E-state index contributed by atoms with van der Waals surface area (Å²) in [5, 5.41) is 0.572. The Bertz CT molecular complexity index is 1340. The van der Waals surface area contributed by atoms with Crippen molar-refractivity contribution < 1.29 is 22.7 Å². The van der Waals surface area contributed by atoms with Gasteiger partial charge in [0.1, 0.15) is 13.2 Å². The van der Waals surface area contributed by atoms with E-state index in [1.165, 1.54) is 23.5 Å². The van der Waals surface area contributed by atoms with Crippen molar-refractivity contribution in [1.82, 2.24) is 14.2 Å². The maximum absolute atomic E-state index is 13.7. The number of hydrogen-bond acceptors (Lipinski definition) is 8. The van der Waals surface area contributed by atoms with Gasteiger partial charge in [-0.05, 0) is 57.1 Å². The van der Waals surface area contributed by atoms with Crippen LogP contribution in [-0.2, 0) is 10.0 Å². The average molecular weight is 545 g/mol. The third-order valence-electron chi connectivity index (χ3n) is 6.65. The summed E-state index contributed by atoms with van der Waals surface area (Å²) in [7, 11) is 0.309. The van der Waals surface area contributed by atoms with Gasteiger partial charge in [0, 0.05) is 43.9 Å². The number of sulfonamides is 1. The molecule has 0 saturated carbocycles. The zero-order valence-electron chi connectivity index (χ0n) is 21.3. The molecule has 198 valence electrons. The number of anilines is 1. The number of likely N-dealkylation sites (N-methyl/N-ethyl adjacent to an activating group) is 1. The molecule has 0 N–H and O–H groups in total. The molecule has 1 aromatic heterocycles. The molecule has 2 aliphatic heterocycles. The van der Waals surface area contributed by atoms with Crippen molar-refractivity contribution in [3.8, 4) is 11.5 Å². The monoisotopic (exact) mass is 544 g/mol. The lowest BCUT2D eigenvalue weighted by atomic mass is 10.0. The van der Waals surface area contributed by atoms with Gasteiger partial charge >= 0.3 is 0 Å². The summed E-state index contributed by atoms with van der Waals surface area (Å²) in [6.07, 6.45) is 1.90. The van der Waals surface area contributed by atoms with Crippen LogP contribution in [0.5, 0.6) is 11.5 Å². The molecule has 5 rings (SSSR count). The summed E-state index contributed by atoms with van der Waals surface area (Å²) in [5.74, 6) is 1.45. The molecule has 2 aliphatic rings. The number of rotatable bonds is 7. The van der Waals surface area contributed by atoms with Crippen molar-refractivity contribution in [2.24, 2.45) is 5.92 Å². The summed E-state index contributed by atoms with van der Waals surface area (Å²) in [5.41, 5.74) is 1.15. The number of hydrogen-bond donors (Lipinski definition) is 0. The highest BCUT2D eigenvalue weighted by atomic mass is 32.2. The van der Waals surface area contributed by atoms with E-state index in [0.29, 0.717) is 67.5 Å². The first-order valence-electron chi connectivity index (χ1n) is 12.5. The lowest BCUT2D eigenvalue weighted by Gasteiger charge is -2.30. The second-order valence-electron chi connectivity index (χ2n) is 9.85. The maximum atomic E-state index is 13.7. The molecular formula is C26H32N4O5S2. The normalized spacial score (nSPS) is 18.3. The molecular weight excluding hydrogens is 512 g/mol. The number of carbonyl (C=O) groups is 1. The summed E-state index contributed by atoms with van der Waals surface area (Å²) in [6, 6.07) is 10.0. The Balaban J connectivity index is 1.42. The van der Waals surface area contributed by atoms with Crippen molar-refractivity contribution in [1.29, 1.82) is 0 Å². The second-order valence-corrected chi connectivity index (χ2v) is 12.8. The molecule has 0 bridgehead atoms. The minimum atomic E-state index is -3.59. The summed E-state index contributed by atoms with van der Waals surface area (Å²) < 4.78 is 40.1. The lowest BCUT2D eigenvalue weighted by Crippen LogP contribution is -2.39. The van der Waals surface area contributed by atoms with Crippen LogP contribution in [0.4, 0.5) is 5.13 Å². The van der Waals surface area contributed by atoms with E-state index in [9.17, 15) is 13.2 Å². The van der Waals surface area contributed by atoms with Gasteiger partial charge in [-0.3, -0.25) is 9.69 Å². The molecule has 2 aromatic carbocycles. The molecule has 1 saturated heterocycles. The third-order valence-corrected chi connectivity index (χ3v) is 9.57. The third kappa shape index (κ3) is 5.45. The molecule has 1 unspecified atom stereocenters. The molecule has 0 radical (unpaired) electrons. The van der Waals surface area contributed by atoms with E-state index in [1.807, 2.05) is 31.1 Å². The molecule has 3 aromatic rings. The summed E-state index contributed by atoms with van der Waals surface area (Å²) in [4.78, 5) is 22.3. The number of amides is 1. The fourth-order valence-corrected chi connectivity index (χ4v) is 7.19. The molecule has 1 amide bonds. The number of fused-ring (bicyclic) bond motifs is 2. The number of thiazole rings is 1. The molecule has 37 heavy (non-hydrogen) atoms. The van der Waals surface area contributed by atoms with E-state index in [1.54, 1.807) is 21.3 Å². The first-order chi connectivity index (χ1) is 17.7. The van der Waals surface area contributed by atoms with Gasteiger partial charge < -0.3 is 14.4 Å². The van der Waals surface area contributed by atoms with Gasteiger partial charge in [0.2, 0.25) is 10.0 Å². The highest BCUT2D eigenvalue weighted by Gasteiger charge is 2.29. The largest absolute Gasteiger partial charge is 0.486 e. The SMILES string of the molecule is CC1CCCN(S(=O)(=O)c2ccc(C(=O)N(CCN(C)C)c3nc4cc5c(cc4s3)OCCO5)cc2)C1. The molecule has 0 spiro atoms. The average Bonchev–Trinajstić information content (AvgIpc) is 3.29. The minimum Gasteiger partial charge on any atom is -0.486 e. The van der Waals surface area contributed by atoms with E-state index in [4.69, 9.17) is 14.5 Å². The predicted octanol–water partition coefficient (Wildman–Crippen LogP) is 3.70. The Labute approximate surface area is 221 Å². The Morgan fingerprint density at radius 2 is 1.81 bits per heavy atom. The molecule has 3 heterocycles. The summed E-state index contributed by atoms with van der Waals surface area (Å²) in [6.45, 7) is 5.20. The van der Waals surface area contributed by atoms with Crippen molar-refractivity contribution in [3.63, 3.8) is 0 Å². The van der Waals surface area contributed by atoms with E-state index in [2.05, 4.69) is 6.92 Å². The first-order valence-corrected chi connectivity index (χ1v) is 14.7. The zero-order chi connectivity index (χ0) is 26.2. The van der Waals surface area contributed by atoms with Crippen molar-refractivity contribution in [2.75, 3.05) is 58.4 Å². The van der Waals surface area contributed by atoms with E-state index >= 15 is 0 Å². The highest BCUT2D eigenvalue weighted by molar-refractivity contribution is 7.89. The van der Waals surface area contributed by atoms with Crippen molar-refractivity contribution in [2.45, 2.75) is 24.7 Å². The van der Waals surface area contributed by atoms with Gasteiger partial charge in [0.05, 0.1) is 15.1 Å². The van der Waals surface area contributed by atoms with E-state index < -0.39 is 10.0 Å². The fourth-order valence-electron chi connectivity index (χ4n) is 4.59. The van der Waals surface area contributed by atoms with Gasteiger partial charge in [0.25, 0.3) is 5.91 Å². The van der Waals surface area contributed by atoms with Crippen LogP contribution in [0, 0.1) is 5.92 Å². The van der Waals surface area contributed by atoms with Crippen LogP contribution in [0.25, 0.3) is 10.2 Å². The highest BCUT2D eigenvalue weighted by Crippen LogP contribution is 2.39. The van der Waals surface area contributed by atoms with Gasteiger partial charge in [-0.2, -0.15) is 4.31 Å². The predicted molar refractivity (Wildman–Crippen MR) is 144 cm³/mol. The standard InChI is InChI=1S/C26H32N4O5S2/c1-18-5-4-10-29(17-18)37(32,33)20-8-6-19(7-9-20)25(31)30(12-11-28(2)3)26-27-21-15-22-23(16-24(21)36-26)35-14-13-34-22/h6-9,15-16,18H,4-5,10-14,17H2,1-3H3. The van der Waals surface area contributed by atoms with Gasteiger partial charge in [-0.15, -0.1) is 0 Å². The van der Waals surface area contributed by atoms with Crippen LogP contribution < -0.4 is 14.4 Å². The Kier molecular flexibility index (Phi) is 7.39. The van der Waals surface area contributed by atoms with Crippen LogP contribution in [0.2, 0.25) is 0 Å². The Morgan fingerprint density at radius 3 is 2.49 bits per heavy atom. The van der Waals surface area contributed by atoms with Gasteiger partial charge in [-0.25, -0.2) is 13.4 Å². The molecule has 0 aliphatic carbocycles. The number of aromatic nitrogens is 1. The van der Waals surface area contributed by atoms with Gasteiger partial charge in [-0.1, -0.05) is 18.3 Å². The zero-order valence-corrected chi connectivity index (χ0v) is 23.0. The Morgan fingerprint density at radius 1 is 1.11 bits per heavy atom. The van der Waals surface area contributed by atoms with Crippen molar-refractivity contribution >= 4 is 42.6 Å². The second kappa shape index (κ2) is 10.6. The van der Waals surface area contributed by atoms with Gasteiger partial charge in [0.15, 0.2) is 16.6 Å². The van der Waals surface area contributed by atoms with Crippen LogP contribution in [0.1, 0.15) is 30.1 Å². The van der Waals surface area contributed by atoms with E-state index in [-0.39, 0.29) is 10.8 Å². The lowest BCUT2D eigenvalue weighted by molar-refractivity contribution is 0.0985. The first kappa shape index (κ1) is 25.9. The number of benzene rings is 2. The smallest absolute Gasteiger partial charge is 0.260 e. The molecule has 11 heteroatoms. The molecule has 9 nitrogen and oxygen atoms in total. The topological polar surface area (TPSA) is 92.3 Å². The van der Waals surface area contributed by atoms with Crippen LogP contribution in [-0.4, -0.2) is 82.0 Å². The number of carbonyl (C=O) groups excluding carboxylic acids is 1. The van der Waals surface area contributed by atoms with Crippen molar-refractivity contribution in [3.05, 3.63) is 42.0 Å². The number of piperidine rings is 1. The Hall–Kier alpha value is -2.73. The minimum absolute atomic E-state index is 0.212. The van der Waals surface area contributed by atoms with Crippen LogP contribution in [0.15, 0.2) is 41.3 Å². The number of nitrogens with zero attached hydrogens (tertiary/aromatic N) is 4. The fraction of sp³-hybridized carbons (Fsp3) is 0.462. The van der Waals surface area contributed by atoms with E-state index in [0.717, 1.165) is 23.1 Å².